The number of aromatic nitrogens is 1. The first-order chi connectivity index (χ1) is 9.49. The first-order valence-corrected chi connectivity index (χ1v) is 8.39. The summed E-state index contributed by atoms with van der Waals surface area (Å²) in [5.74, 6) is 0. The van der Waals surface area contributed by atoms with Gasteiger partial charge in [0.2, 0.25) is 15.5 Å². The second kappa shape index (κ2) is 6.51. The SMILES string of the molecule is CC(CN1CCCCC1)NS(=O)(=O)c1c[nH]ccc1=O. The monoisotopic (exact) mass is 299 g/mol. The highest BCUT2D eigenvalue weighted by Crippen LogP contribution is 2.09. The summed E-state index contributed by atoms with van der Waals surface area (Å²) in [6, 6.07) is 0.988. The van der Waals surface area contributed by atoms with Gasteiger partial charge in [0, 0.05) is 31.0 Å². The van der Waals surface area contributed by atoms with Gasteiger partial charge in [0.05, 0.1) is 0 Å². The average Bonchev–Trinajstić information content (AvgIpc) is 2.39. The largest absolute Gasteiger partial charge is 0.366 e. The van der Waals surface area contributed by atoms with E-state index in [0.717, 1.165) is 25.9 Å². The van der Waals surface area contributed by atoms with Gasteiger partial charge in [-0.2, -0.15) is 0 Å². The van der Waals surface area contributed by atoms with Gasteiger partial charge in [-0.05, 0) is 32.9 Å². The molecule has 1 aromatic rings. The van der Waals surface area contributed by atoms with Crippen molar-refractivity contribution in [3.05, 3.63) is 28.7 Å². The molecule has 0 radical (unpaired) electrons. The van der Waals surface area contributed by atoms with Gasteiger partial charge in [0.25, 0.3) is 0 Å². The third kappa shape index (κ3) is 3.91. The fraction of sp³-hybridized carbons (Fsp3) is 0.615. The molecule has 20 heavy (non-hydrogen) atoms. The number of piperidine rings is 1. The van der Waals surface area contributed by atoms with Crippen LogP contribution >= 0.6 is 0 Å². The van der Waals surface area contributed by atoms with Gasteiger partial charge >= 0.3 is 0 Å². The van der Waals surface area contributed by atoms with E-state index in [0.29, 0.717) is 6.54 Å². The molecule has 1 fully saturated rings. The van der Waals surface area contributed by atoms with Crippen LogP contribution in [0, 0.1) is 0 Å². The zero-order chi connectivity index (χ0) is 14.6. The van der Waals surface area contributed by atoms with Gasteiger partial charge in [-0.25, -0.2) is 13.1 Å². The first kappa shape index (κ1) is 15.2. The van der Waals surface area contributed by atoms with E-state index in [4.69, 9.17) is 0 Å². The fourth-order valence-corrected chi connectivity index (χ4v) is 3.79. The first-order valence-electron chi connectivity index (χ1n) is 6.91. The number of aromatic amines is 1. The molecule has 1 unspecified atom stereocenters. The van der Waals surface area contributed by atoms with Crippen molar-refractivity contribution in [1.82, 2.24) is 14.6 Å². The summed E-state index contributed by atoms with van der Waals surface area (Å²) in [4.78, 5) is 16.2. The Bertz CT molecular complexity index is 591. The number of hydrogen-bond donors (Lipinski definition) is 2. The van der Waals surface area contributed by atoms with E-state index < -0.39 is 15.5 Å². The van der Waals surface area contributed by atoms with Gasteiger partial charge in [-0.3, -0.25) is 4.79 Å². The van der Waals surface area contributed by atoms with Crippen molar-refractivity contribution in [3.8, 4) is 0 Å². The van der Waals surface area contributed by atoms with Crippen molar-refractivity contribution < 1.29 is 8.42 Å². The second-order valence-corrected chi connectivity index (χ2v) is 6.94. The number of pyridine rings is 1. The highest BCUT2D eigenvalue weighted by Gasteiger charge is 2.22. The number of nitrogens with one attached hydrogen (secondary N) is 2. The molecule has 0 bridgehead atoms. The lowest BCUT2D eigenvalue weighted by Crippen LogP contribution is -2.44. The Hall–Kier alpha value is -1.18. The maximum absolute atomic E-state index is 12.2. The minimum absolute atomic E-state index is 0.224. The van der Waals surface area contributed by atoms with Crippen LogP contribution < -0.4 is 10.2 Å². The number of rotatable bonds is 5. The predicted octanol–water partition coefficient (Wildman–Crippen LogP) is 0.528. The van der Waals surface area contributed by atoms with Crippen molar-refractivity contribution >= 4 is 10.0 Å². The van der Waals surface area contributed by atoms with Crippen molar-refractivity contribution in [2.75, 3.05) is 19.6 Å². The number of nitrogens with zero attached hydrogens (tertiary/aromatic N) is 1. The molecule has 112 valence electrons. The van der Waals surface area contributed by atoms with Gasteiger partial charge in [-0.1, -0.05) is 6.42 Å². The fourth-order valence-electron chi connectivity index (χ4n) is 2.51. The molecule has 7 heteroatoms. The zero-order valence-electron chi connectivity index (χ0n) is 11.6. The molecule has 0 saturated carbocycles. The van der Waals surface area contributed by atoms with Crippen molar-refractivity contribution in [2.45, 2.75) is 37.1 Å². The van der Waals surface area contributed by atoms with Crippen LogP contribution in [0.5, 0.6) is 0 Å². The van der Waals surface area contributed by atoms with E-state index in [1.165, 1.54) is 24.9 Å². The van der Waals surface area contributed by atoms with E-state index in [1.807, 2.05) is 6.92 Å². The van der Waals surface area contributed by atoms with Crippen LogP contribution in [0.2, 0.25) is 0 Å². The molecule has 0 spiro atoms. The number of H-pyrrole nitrogens is 1. The smallest absolute Gasteiger partial charge is 0.246 e. The summed E-state index contributed by atoms with van der Waals surface area (Å²) in [6.45, 7) is 4.52. The third-order valence-electron chi connectivity index (χ3n) is 3.41. The Morgan fingerprint density at radius 3 is 2.70 bits per heavy atom. The second-order valence-electron chi connectivity index (χ2n) is 5.26. The van der Waals surface area contributed by atoms with Gasteiger partial charge in [0.15, 0.2) is 0 Å². The average molecular weight is 299 g/mol. The van der Waals surface area contributed by atoms with Gasteiger partial charge in [-0.15, -0.1) is 0 Å². The lowest BCUT2D eigenvalue weighted by atomic mass is 10.1. The summed E-state index contributed by atoms with van der Waals surface area (Å²) < 4.78 is 26.9. The molecule has 1 aliphatic rings. The minimum Gasteiger partial charge on any atom is -0.366 e. The molecule has 0 aromatic carbocycles. The molecule has 1 aromatic heterocycles. The Morgan fingerprint density at radius 1 is 1.35 bits per heavy atom. The molecular weight excluding hydrogens is 278 g/mol. The lowest BCUT2D eigenvalue weighted by molar-refractivity contribution is 0.215. The molecule has 2 N–H and O–H groups in total. The van der Waals surface area contributed by atoms with Gasteiger partial charge < -0.3 is 9.88 Å². The van der Waals surface area contributed by atoms with Gasteiger partial charge in [0.1, 0.15) is 4.90 Å². The Labute approximate surface area is 119 Å². The topological polar surface area (TPSA) is 82.3 Å². The molecule has 1 atom stereocenters. The highest BCUT2D eigenvalue weighted by molar-refractivity contribution is 7.89. The molecule has 0 aliphatic carbocycles. The highest BCUT2D eigenvalue weighted by atomic mass is 32.2. The van der Waals surface area contributed by atoms with Crippen LogP contribution in [-0.4, -0.2) is 44.0 Å². The summed E-state index contributed by atoms with van der Waals surface area (Å²) >= 11 is 0. The number of hydrogen-bond acceptors (Lipinski definition) is 4. The Morgan fingerprint density at radius 2 is 2.05 bits per heavy atom. The zero-order valence-corrected chi connectivity index (χ0v) is 12.4. The Kier molecular flexibility index (Phi) is 4.95. The van der Waals surface area contributed by atoms with Crippen LogP contribution in [0.3, 0.4) is 0 Å². The van der Waals surface area contributed by atoms with Crippen LogP contribution in [0.15, 0.2) is 28.2 Å². The molecule has 2 rings (SSSR count). The van der Waals surface area contributed by atoms with Crippen LogP contribution in [0.4, 0.5) is 0 Å². The summed E-state index contributed by atoms with van der Waals surface area (Å²) in [6.07, 6.45) is 6.21. The Balaban J connectivity index is 2.01. The molecule has 0 amide bonds. The van der Waals surface area contributed by atoms with E-state index >= 15 is 0 Å². The third-order valence-corrected chi connectivity index (χ3v) is 5.03. The maximum atomic E-state index is 12.2. The van der Waals surface area contributed by atoms with Crippen molar-refractivity contribution in [2.24, 2.45) is 0 Å². The van der Waals surface area contributed by atoms with Crippen LogP contribution in [-0.2, 0) is 10.0 Å². The molecule has 1 aliphatic heterocycles. The maximum Gasteiger partial charge on any atom is 0.246 e. The summed E-state index contributed by atoms with van der Waals surface area (Å²) in [5, 5.41) is 0. The van der Waals surface area contributed by atoms with E-state index in [1.54, 1.807) is 0 Å². The lowest BCUT2D eigenvalue weighted by Gasteiger charge is -2.29. The molecule has 2 heterocycles. The normalized spacial score (nSPS) is 18.9. The van der Waals surface area contributed by atoms with Crippen LogP contribution in [0.25, 0.3) is 0 Å². The van der Waals surface area contributed by atoms with E-state index in [9.17, 15) is 13.2 Å². The van der Waals surface area contributed by atoms with Crippen molar-refractivity contribution in [3.63, 3.8) is 0 Å². The van der Waals surface area contributed by atoms with Crippen LogP contribution in [0.1, 0.15) is 26.2 Å². The minimum atomic E-state index is -3.76. The standard InChI is InChI=1S/C13H21N3O3S/c1-11(10-16-7-3-2-4-8-16)15-20(18,19)13-9-14-6-5-12(13)17/h5-6,9,11,15H,2-4,7-8,10H2,1H3,(H,14,17). The van der Waals surface area contributed by atoms with E-state index in [-0.39, 0.29) is 10.9 Å². The summed E-state index contributed by atoms with van der Waals surface area (Å²) in [7, 11) is -3.76. The predicted molar refractivity (Wildman–Crippen MR) is 77.1 cm³/mol. The molecule has 6 nitrogen and oxygen atoms in total. The van der Waals surface area contributed by atoms with E-state index in [2.05, 4.69) is 14.6 Å². The summed E-state index contributed by atoms with van der Waals surface area (Å²) in [5.41, 5.74) is -0.499. The van der Waals surface area contributed by atoms with Crippen molar-refractivity contribution in [1.29, 1.82) is 0 Å². The number of sulfonamides is 1. The number of likely N-dealkylation sites (tertiary alicyclic amines) is 1. The molecular formula is C13H21N3O3S. The molecule has 1 saturated heterocycles. The quantitative estimate of drug-likeness (QED) is 0.831.